The van der Waals surface area contributed by atoms with E-state index < -0.39 is 0 Å². The van der Waals surface area contributed by atoms with Gasteiger partial charge in [-0.1, -0.05) is 6.92 Å². The highest BCUT2D eigenvalue weighted by Gasteiger charge is 2.22. The minimum Gasteiger partial charge on any atom is -0.467 e. The van der Waals surface area contributed by atoms with Gasteiger partial charge in [0.25, 0.3) is 0 Å². The lowest BCUT2D eigenvalue weighted by Crippen LogP contribution is -2.45. The van der Waals surface area contributed by atoms with E-state index in [2.05, 4.69) is 12.2 Å². The van der Waals surface area contributed by atoms with Crippen molar-refractivity contribution in [1.29, 1.82) is 0 Å². The first-order valence-electron chi connectivity index (χ1n) is 6.25. The summed E-state index contributed by atoms with van der Waals surface area (Å²) < 4.78 is 5.27. The van der Waals surface area contributed by atoms with Crippen molar-refractivity contribution in [3.63, 3.8) is 0 Å². The minimum absolute atomic E-state index is 0.0143. The SMILES string of the molecule is CC1CCCN(C(=O)NC(C)c2ccco2)C1. The molecule has 0 aliphatic carbocycles. The van der Waals surface area contributed by atoms with Crippen LogP contribution in [0.3, 0.4) is 0 Å². The molecule has 0 radical (unpaired) electrons. The molecule has 2 unspecified atom stereocenters. The Labute approximate surface area is 102 Å². The molecule has 2 amide bonds. The summed E-state index contributed by atoms with van der Waals surface area (Å²) in [4.78, 5) is 13.9. The molecule has 2 heterocycles. The summed E-state index contributed by atoms with van der Waals surface area (Å²) in [6.45, 7) is 5.84. The van der Waals surface area contributed by atoms with Gasteiger partial charge >= 0.3 is 6.03 Å². The maximum atomic E-state index is 12.0. The van der Waals surface area contributed by atoms with Gasteiger partial charge in [-0.25, -0.2) is 4.79 Å². The minimum atomic E-state index is -0.0743. The molecular formula is C13H20N2O2. The molecule has 1 aliphatic heterocycles. The van der Waals surface area contributed by atoms with Crippen molar-refractivity contribution in [3.05, 3.63) is 24.2 Å². The fourth-order valence-electron chi connectivity index (χ4n) is 2.26. The van der Waals surface area contributed by atoms with Crippen molar-refractivity contribution in [2.45, 2.75) is 32.7 Å². The van der Waals surface area contributed by atoms with Crippen molar-refractivity contribution in [1.82, 2.24) is 10.2 Å². The summed E-state index contributed by atoms with van der Waals surface area (Å²) >= 11 is 0. The maximum absolute atomic E-state index is 12.0. The highest BCUT2D eigenvalue weighted by atomic mass is 16.3. The zero-order valence-electron chi connectivity index (χ0n) is 10.5. The van der Waals surface area contributed by atoms with E-state index in [1.807, 2.05) is 24.0 Å². The molecule has 0 aromatic carbocycles. The van der Waals surface area contributed by atoms with Crippen molar-refractivity contribution in [2.75, 3.05) is 13.1 Å². The molecule has 2 rings (SSSR count). The number of hydrogen-bond acceptors (Lipinski definition) is 2. The van der Waals surface area contributed by atoms with E-state index in [0.29, 0.717) is 5.92 Å². The lowest BCUT2D eigenvalue weighted by Gasteiger charge is -2.31. The van der Waals surface area contributed by atoms with Crippen LogP contribution in [0, 0.1) is 5.92 Å². The third-order valence-corrected chi connectivity index (χ3v) is 3.25. The average molecular weight is 236 g/mol. The highest BCUT2D eigenvalue weighted by Crippen LogP contribution is 2.17. The monoisotopic (exact) mass is 236 g/mol. The van der Waals surface area contributed by atoms with Gasteiger partial charge in [-0.3, -0.25) is 0 Å². The first-order valence-corrected chi connectivity index (χ1v) is 6.25. The number of hydrogen-bond donors (Lipinski definition) is 1. The third-order valence-electron chi connectivity index (χ3n) is 3.25. The molecule has 17 heavy (non-hydrogen) atoms. The zero-order valence-corrected chi connectivity index (χ0v) is 10.5. The molecule has 1 aromatic rings. The lowest BCUT2D eigenvalue weighted by molar-refractivity contribution is 0.166. The largest absolute Gasteiger partial charge is 0.467 e. The summed E-state index contributed by atoms with van der Waals surface area (Å²) in [5.74, 6) is 1.40. The third kappa shape index (κ3) is 3.02. The number of nitrogens with zero attached hydrogens (tertiary/aromatic N) is 1. The predicted octanol–water partition coefficient (Wildman–Crippen LogP) is 2.78. The normalized spacial score (nSPS) is 22.2. The molecule has 1 aromatic heterocycles. The molecule has 4 nitrogen and oxygen atoms in total. The van der Waals surface area contributed by atoms with Crippen molar-refractivity contribution < 1.29 is 9.21 Å². The molecule has 1 saturated heterocycles. The topological polar surface area (TPSA) is 45.5 Å². The summed E-state index contributed by atoms with van der Waals surface area (Å²) in [5, 5.41) is 2.97. The van der Waals surface area contributed by atoms with Crippen LogP contribution < -0.4 is 5.32 Å². The van der Waals surface area contributed by atoms with Gasteiger partial charge in [0.15, 0.2) is 0 Å². The summed E-state index contributed by atoms with van der Waals surface area (Å²) in [5.41, 5.74) is 0. The molecule has 0 spiro atoms. The Bertz CT molecular complexity index is 362. The smallest absolute Gasteiger partial charge is 0.317 e. The van der Waals surface area contributed by atoms with Crippen LogP contribution >= 0.6 is 0 Å². The van der Waals surface area contributed by atoms with Gasteiger partial charge in [0.05, 0.1) is 12.3 Å². The number of urea groups is 1. The fourth-order valence-corrected chi connectivity index (χ4v) is 2.26. The maximum Gasteiger partial charge on any atom is 0.317 e. The van der Waals surface area contributed by atoms with Gasteiger partial charge in [-0.05, 0) is 37.8 Å². The van der Waals surface area contributed by atoms with Crippen LogP contribution in [0.4, 0.5) is 4.79 Å². The van der Waals surface area contributed by atoms with E-state index in [4.69, 9.17) is 4.42 Å². The van der Waals surface area contributed by atoms with Crippen LogP contribution in [0.25, 0.3) is 0 Å². The van der Waals surface area contributed by atoms with Gasteiger partial charge < -0.3 is 14.6 Å². The number of nitrogens with one attached hydrogen (secondary N) is 1. The van der Waals surface area contributed by atoms with Crippen LogP contribution in [0.15, 0.2) is 22.8 Å². The molecule has 4 heteroatoms. The number of carbonyl (C=O) groups excluding carboxylic acids is 1. The number of carbonyl (C=O) groups is 1. The van der Waals surface area contributed by atoms with Crippen LogP contribution in [0.2, 0.25) is 0 Å². The number of rotatable bonds is 2. The molecule has 1 aliphatic rings. The molecule has 2 atom stereocenters. The molecule has 1 N–H and O–H groups in total. The van der Waals surface area contributed by atoms with E-state index in [1.165, 1.54) is 6.42 Å². The van der Waals surface area contributed by atoms with Crippen LogP contribution in [0.1, 0.15) is 38.5 Å². The molecule has 0 bridgehead atoms. The van der Waals surface area contributed by atoms with Crippen molar-refractivity contribution in [2.24, 2.45) is 5.92 Å². The molecular weight excluding hydrogens is 216 g/mol. The van der Waals surface area contributed by atoms with Gasteiger partial charge in [0.1, 0.15) is 5.76 Å². The quantitative estimate of drug-likeness (QED) is 0.858. The fraction of sp³-hybridized carbons (Fsp3) is 0.615. The van der Waals surface area contributed by atoms with Crippen LogP contribution in [-0.4, -0.2) is 24.0 Å². The number of furan rings is 1. The standard InChI is InChI=1S/C13H20N2O2/c1-10-5-3-7-15(9-10)13(16)14-11(2)12-6-4-8-17-12/h4,6,8,10-11H,3,5,7,9H2,1-2H3,(H,14,16). The van der Waals surface area contributed by atoms with E-state index in [9.17, 15) is 4.79 Å². The summed E-state index contributed by atoms with van der Waals surface area (Å²) in [6.07, 6.45) is 3.95. The Morgan fingerprint density at radius 2 is 2.47 bits per heavy atom. The first kappa shape index (κ1) is 12.0. The van der Waals surface area contributed by atoms with E-state index in [1.54, 1.807) is 6.26 Å². The van der Waals surface area contributed by atoms with Gasteiger partial charge in [-0.15, -0.1) is 0 Å². The molecule has 94 valence electrons. The van der Waals surface area contributed by atoms with Gasteiger partial charge in [0.2, 0.25) is 0 Å². The van der Waals surface area contributed by atoms with Crippen molar-refractivity contribution >= 4 is 6.03 Å². The van der Waals surface area contributed by atoms with Crippen LogP contribution in [0.5, 0.6) is 0 Å². The summed E-state index contributed by atoms with van der Waals surface area (Å²) in [6, 6.07) is 3.65. The lowest BCUT2D eigenvalue weighted by atomic mass is 10.0. The van der Waals surface area contributed by atoms with Crippen molar-refractivity contribution in [3.8, 4) is 0 Å². The molecule has 1 fully saturated rings. The number of likely N-dealkylation sites (tertiary alicyclic amines) is 1. The Morgan fingerprint density at radius 3 is 3.12 bits per heavy atom. The Kier molecular flexibility index (Phi) is 3.71. The Balaban J connectivity index is 1.88. The number of amides is 2. The Morgan fingerprint density at radius 1 is 1.65 bits per heavy atom. The second kappa shape index (κ2) is 5.25. The van der Waals surface area contributed by atoms with E-state index in [-0.39, 0.29) is 12.1 Å². The predicted molar refractivity (Wildman–Crippen MR) is 65.6 cm³/mol. The zero-order chi connectivity index (χ0) is 12.3. The average Bonchev–Trinajstić information content (AvgIpc) is 2.82. The second-order valence-corrected chi connectivity index (χ2v) is 4.88. The number of piperidine rings is 1. The van der Waals surface area contributed by atoms with E-state index >= 15 is 0 Å². The van der Waals surface area contributed by atoms with E-state index in [0.717, 1.165) is 25.3 Å². The van der Waals surface area contributed by atoms with Crippen LogP contribution in [-0.2, 0) is 0 Å². The second-order valence-electron chi connectivity index (χ2n) is 4.88. The van der Waals surface area contributed by atoms with Gasteiger partial charge in [0, 0.05) is 13.1 Å². The first-order chi connectivity index (χ1) is 8.16. The Hall–Kier alpha value is -1.45. The molecule has 0 saturated carbocycles. The highest BCUT2D eigenvalue weighted by molar-refractivity contribution is 5.74. The summed E-state index contributed by atoms with van der Waals surface area (Å²) in [7, 11) is 0. The van der Waals surface area contributed by atoms with Gasteiger partial charge in [-0.2, -0.15) is 0 Å².